The Morgan fingerprint density at radius 2 is 1.57 bits per heavy atom. The van der Waals surface area contributed by atoms with Gasteiger partial charge in [-0.05, 0) is 34.9 Å². The standard InChI is InChI=1S/C28H38N2O5/c1-28(2,3)23-16-14-21(15-17-23)19-24(26(32)34-4)30-25(31)13-9-6-10-18-29-27(33)35-20-22-11-7-5-8-12-22/h5,7-8,11-12,14-17,24H,6,9-10,13,18-20H2,1-4H3,(H,29,33)(H,30,31)/t24-/m0/s1. The molecule has 35 heavy (non-hydrogen) atoms. The predicted molar refractivity (Wildman–Crippen MR) is 136 cm³/mol. The summed E-state index contributed by atoms with van der Waals surface area (Å²) in [5, 5.41) is 5.51. The first-order valence-corrected chi connectivity index (χ1v) is 12.1. The zero-order valence-corrected chi connectivity index (χ0v) is 21.3. The van der Waals surface area contributed by atoms with Gasteiger partial charge in [0.1, 0.15) is 12.6 Å². The van der Waals surface area contributed by atoms with Crippen LogP contribution in [-0.2, 0) is 37.5 Å². The summed E-state index contributed by atoms with van der Waals surface area (Å²) in [6.07, 6.45) is 2.37. The van der Waals surface area contributed by atoms with E-state index in [0.29, 0.717) is 25.8 Å². The van der Waals surface area contributed by atoms with Crippen molar-refractivity contribution in [1.82, 2.24) is 10.6 Å². The van der Waals surface area contributed by atoms with E-state index in [9.17, 15) is 14.4 Å². The summed E-state index contributed by atoms with van der Waals surface area (Å²) in [6.45, 7) is 7.15. The summed E-state index contributed by atoms with van der Waals surface area (Å²) >= 11 is 0. The van der Waals surface area contributed by atoms with Crippen LogP contribution in [-0.4, -0.2) is 37.7 Å². The summed E-state index contributed by atoms with van der Waals surface area (Å²) in [5.74, 6) is -0.654. The number of ether oxygens (including phenoxy) is 2. The van der Waals surface area contributed by atoms with Crippen LogP contribution in [0.25, 0.3) is 0 Å². The summed E-state index contributed by atoms with van der Waals surface area (Å²) < 4.78 is 10.0. The lowest BCUT2D eigenvalue weighted by Gasteiger charge is -2.20. The molecule has 0 bridgehead atoms. The second-order valence-corrected chi connectivity index (χ2v) is 9.59. The molecule has 0 aliphatic carbocycles. The largest absolute Gasteiger partial charge is 0.467 e. The Balaban J connectivity index is 1.66. The Labute approximate surface area is 208 Å². The van der Waals surface area contributed by atoms with Crippen molar-refractivity contribution >= 4 is 18.0 Å². The lowest BCUT2D eigenvalue weighted by atomic mass is 9.86. The fourth-order valence-electron chi connectivity index (χ4n) is 3.53. The van der Waals surface area contributed by atoms with Gasteiger partial charge in [-0.3, -0.25) is 4.79 Å². The quantitative estimate of drug-likeness (QED) is 0.339. The van der Waals surface area contributed by atoms with Gasteiger partial charge in [0.15, 0.2) is 0 Å². The molecule has 2 rings (SSSR count). The Hall–Kier alpha value is -3.35. The lowest BCUT2D eigenvalue weighted by molar-refractivity contribution is -0.145. The monoisotopic (exact) mass is 482 g/mol. The number of nitrogens with one attached hydrogen (secondary N) is 2. The number of unbranched alkanes of at least 4 members (excludes halogenated alkanes) is 2. The first-order chi connectivity index (χ1) is 16.7. The van der Waals surface area contributed by atoms with E-state index in [4.69, 9.17) is 9.47 Å². The number of hydrogen-bond acceptors (Lipinski definition) is 5. The van der Waals surface area contributed by atoms with Crippen molar-refractivity contribution in [2.75, 3.05) is 13.7 Å². The van der Waals surface area contributed by atoms with Crippen LogP contribution in [0.15, 0.2) is 54.6 Å². The second kappa shape index (κ2) is 14.1. The molecule has 2 aromatic rings. The summed E-state index contributed by atoms with van der Waals surface area (Å²) in [5.41, 5.74) is 3.14. The molecule has 0 radical (unpaired) electrons. The third-order valence-electron chi connectivity index (χ3n) is 5.64. The van der Waals surface area contributed by atoms with E-state index in [1.807, 2.05) is 42.5 Å². The molecule has 7 heteroatoms. The third-order valence-corrected chi connectivity index (χ3v) is 5.64. The highest BCUT2D eigenvalue weighted by atomic mass is 16.5. The van der Waals surface area contributed by atoms with E-state index in [-0.39, 0.29) is 17.9 Å². The molecule has 2 N–H and O–H groups in total. The van der Waals surface area contributed by atoms with Gasteiger partial charge in [0, 0.05) is 19.4 Å². The van der Waals surface area contributed by atoms with Crippen LogP contribution in [0.5, 0.6) is 0 Å². The van der Waals surface area contributed by atoms with E-state index in [2.05, 4.69) is 43.5 Å². The molecule has 0 aliphatic rings. The lowest BCUT2D eigenvalue weighted by Crippen LogP contribution is -2.43. The molecule has 0 saturated heterocycles. The number of carbonyl (C=O) groups excluding carboxylic acids is 3. The average molecular weight is 483 g/mol. The molecule has 2 amide bonds. The minimum Gasteiger partial charge on any atom is -0.467 e. The molecule has 7 nitrogen and oxygen atoms in total. The van der Waals surface area contributed by atoms with Crippen molar-refractivity contribution < 1.29 is 23.9 Å². The topological polar surface area (TPSA) is 93.7 Å². The van der Waals surface area contributed by atoms with Gasteiger partial charge in [0.05, 0.1) is 7.11 Å². The van der Waals surface area contributed by atoms with Crippen LogP contribution in [0.3, 0.4) is 0 Å². The van der Waals surface area contributed by atoms with Gasteiger partial charge < -0.3 is 20.1 Å². The van der Waals surface area contributed by atoms with Crippen molar-refractivity contribution in [2.45, 2.75) is 70.9 Å². The molecule has 0 saturated carbocycles. The molecule has 2 aromatic carbocycles. The zero-order valence-electron chi connectivity index (χ0n) is 21.3. The zero-order chi connectivity index (χ0) is 25.7. The van der Waals surface area contributed by atoms with Gasteiger partial charge in [0.25, 0.3) is 0 Å². The van der Waals surface area contributed by atoms with Gasteiger partial charge in [-0.25, -0.2) is 9.59 Å². The van der Waals surface area contributed by atoms with Crippen molar-refractivity contribution in [3.8, 4) is 0 Å². The number of hydrogen-bond donors (Lipinski definition) is 2. The smallest absolute Gasteiger partial charge is 0.407 e. The maximum absolute atomic E-state index is 12.4. The molecule has 0 aromatic heterocycles. The molecular formula is C28H38N2O5. The van der Waals surface area contributed by atoms with Gasteiger partial charge in [-0.2, -0.15) is 0 Å². The van der Waals surface area contributed by atoms with E-state index in [1.165, 1.54) is 12.7 Å². The van der Waals surface area contributed by atoms with Gasteiger partial charge >= 0.3 is 12.1 Å². The van der Waals surface area contributed by atoms with Crippen molar-refractivity contribution in [3.05, 3.63) is 71.3 Å². The maximum atomic E-state index is 12.4. The van der Waals surface area contributed by atoms with Crippen LogP contribution in [0, 0.1) is 0 Å². The van der Waals surface area contributed by atoms with E-state index in [0.717, 1.165) is 24.0 Å². The number of esters is 1. The van der Waals surface area contributed by atoms with E-state index in [1.54, 1.807) is 0 Å². The maximum Gasteiger partial charge on any atom is 0.407 e. The Kier molecular flexibility index (Phi) is 11.3. The fourth-order valence-corrected chi connectivity index (χ4v) is 3.53. The van der Waals surface area contributed by atoms with Crippen molar-refractivity contribution in [3.63, 3.8) is 0 Å². The summed E-state index contributed by atoms with van der Waals surface area (Å²) in [7, 11) is 1.32. The average Bonchev–Trinajstić information content (AvgIpc) is 2.84. The van der Waals surface area contributed by atoms with Crippen LogP contribution in [0.4, 0.5) is 4.79 Å². The predicted octanol–water partition coefficient (Wildman–Crippen LogP) is 4.67. The molecule has 1 atom stereocenters. The van der Waals surface area contributed by atoms with Crippen LogP contribution in [0.2, 0.25) is 0 Å². The highest BCUT2D eigenvalue weighted by molar-refractivity contribution is 5.84. The highest BCUT2D eigenvalue weighted by Gasteiger charge is 2.22. The SMILES string of the molecule is COC(=O)[C@H](Cc1ccc(C(C)(C)C)cc1)NC(=O)CCCCCNC(=O)OCc1ccccc1. The third kappa shape index (κ3) is 10.6. The van der Waals surface area contributed by atoms with Gasteiger partial charge in [0.2, 0.25) is 5.91 Å². The molecular weight excluding hydrogens is 444 g/mol. The second-order valence-electron chi connectivity index (χ2n) is 9.59. The van der Waals surface area contributed by atoms with Crippen LogP contribution >= 0.6 is 0 Å². The fraction of sp³-hybridized carbons (Fsp3) is 0.464. The first-order valence-electron chi connectivity index (χ1n) is 12.1. The highest BCUT2D eigenvalue weighted by Crippen LogP contribution is 2.22. The van der Waals surface area contributed by atoms with E-state index < -0.39 is 18.1 Å². The minimum absolute atomic E-state index is 0.0481. The summed E-state index contributed by atoms with van der Waals surface area (Å²) in [6, 6.07) is 16.8. The normalized spacial score (nSPS) is 11.9. The number of alkyl carbamates (subject to hydrolysis) is 1. The van der Waals surface area contributed by atoms with Gasteiger partial charge in [-0.1, -0.05) is 81.8 Å². The number of carbonyl (C=O) groups is 3. The Morgan fingerprint density at radius 1 is 0.886 bits per heavy atom. The molecule has 0 spiro atoms. The van der Waals surface area contributed by atoms with Crippen molar-refractivity contribution in [2.24, 2.45) is 0 Å². The molecule has 0 aliphatic heterocycles. The Morgan fingerprint density at radius 3 is 2.20 bits per heavy atom. The van der Waals surface area contributed by atoms with E-state index >= 15 is 0 Å². The van der Waals surface area contributed by atoms with Gasteiger partial charge in [-0.15, -0.1) is 0 Å². The number of benzene rings is 2. The minimum atomic E-state index is -0.728. The molecule has 0 unspecified atom stereocenters. The van der Waals surface area contributed by atoms with Crippen LogP contribution < -0.4 is 10.6 Å². The Bertz CT molecular complexity index is 936. The molecule has 0 fully saturated rings. The number of rotatable bonds is 12. The molecule has 0 heterocycles. The molecule has 190 valence electrons. The number of methoxy groups -OCH3 is 1. The van der Waals surface area contributed by atoms with Crippen molar-refractivity contribution in [1.29, 1.82) is 0 Å². The first kappa shape index (κ1) is 27.9. The van der Waals surface area contributed by atoms with Crippen LogP contribution in [0.1, 0.15) is 63.1 Å². The number of amides is 2. The summed E-state index contributed by atoms with van der Waals surface area (Å²) in [4.78, 5) is 36.4.